The van der Waals surface area contributed by atoms with Gasteiger partial charge in [-0.1, -0.05) is 13.8 Å². The van der Waals surface area contributed by atoms with Gasteiger partial charge in [0.15, 0.2) is 0 Å². The summed E-state index contributed by atoms with van der Waals surface area (Å²) in [6.45, 7) is 10.7. The highest BCUT2D eigenvalue weighted by molar-refractivity contribution is 4.77. The van der Waals surface area contributed by atoms with Gasteiger partial charge in [0.05, 0.1) is 12.7 Å². The number of ether oxygens (including phenoxy) is 1. The summed E-state index contributed by atoms with van der Waals surface area (Å²) < 4.78 is 5.73. The van der Waals surface area contributed by atoms with Gasteiger partial charge in [-0.15, -0.1) is 0 Å². The van der Waals surface area contributed by atoms with Crippen molar-refractivity contribution in [2.45, 2.75) is 20.0 Å². The maximum atomic E-state index is 5.73. The van der Waals surface area contributed by atoms with Crippen LogP contribution in [0, 0.1) is 5.41 Å². The van der Waals surface area contributed by atoms with Gasteiger partial charge in [-0.3, -0.25) is 0 Å². The van der Waals surface area contributed by atoms with Crippen molar-refractivity contribution in [2.24, 2.45) is 5.41 Å². The molecule has 1 atom stereocenters. The third-order valence-corrected chi connectivity index (χ3v) is 3.06. The topological polar surface area (TPSA) is 27.7 Å². The molecule has 0 aromatic carbocycles. The molecule has 1 aliphatic heterocycles. The number of hydrogen-bond acceptors (Lipinski definition) is 4. The molecule has 4 nitrogen and oxygen atoms in total. The molecule has 4 heteroatoms. The lowest BCUT2D eigenvalue weighted by molar-refractivity contribution is -0.0190. The van der Waals surface area contributed by atoms with Crippen LogP contribution in [0.15, 0.2) is 0 Å². The van der Waals surface area contributed by atoms with E-state index in [1.807, 2.05) is 0 Å². The van der Waals surface area contributed by atoms with Crippen LogP contribution in [-0.4, -0.2) is 76.4 Å². The summed E-state index contributed by atoms with van der Waals surface area (Å²) in [6, 6.07) is 0. The van der Waals surface area contributed by atoms with Gasteiger partial charge < -0.3 is 19.9 Å². The van der Waals surface area contributed by atoms with Gasteiger partial charge in [0, 0.05) is 32.7 Å². The van der Waals surface area contributed by atoms with Crippen LogP contribution in [0.25, 0.3) is 0 Å². The van der Waals surface area contributed by atoms with E-state index in [4.69, 9.17) is 4.74 Å². The molecule has 0 spiro atoms. The minimum atomic E-state index is 0.310. The van der Waals surface area contributed by atoms with Crippen LogP contribution in [-0.2, 0) is 4.74 Å². The molecule has 0 aromatic rings. The Labute approximate surface area is 106 Å². The van der Waals surface area contributed by atoms with Crippen molar-refractivity contribution in [2.75, 3.05) is 60.5 Å². The maximum Gasteiger partial charge on any atom is 0.0826 e. The fourth-order valence-electron chi connectivity index (χ4n) is 2.47. The van der Waals surface area contributed by atoms with E-state index in [0.717, 1.165) is 39.3 Å². The maximum absolute atomic E-state index is 5.73. The van der Waals surface area contributed by atoms with Crippen molar-refractivity contribution in [1.82, 2.24) is 15.1 Å². The predicted molar refractivity (Wildman–Crippen MR) is 72.4 cm³/mol. The molecule has 0 aliphatic carbocycles. The molecule has 17 heavy (non-hydrogen) atoms. The molecule has 1 rings (SSSR count). The zero-order valence-electron chi connectivity index (χ0n) is 12.1. The summed E-state index contributed by atoms with van der Waals surface area (Å²) in [5, 5.41) is 3.54. The van der Waals surface area contributed by atoms with Gasteiger partial charge in [-0.05, 0) is 26.6 Å². The smallest absolute Gasteiger partial charge is 0.0826 e. The zero-order valence-corrected chi connectivity index (χ0v) is 12.1. The molecule has 0 bridgehead atoms. The van der Waals surface area contributed by atoms with Crippen LogP contribution < -0.4 is 5.32 Å². The second-order valence-corrected chi connectivity index (χ2v) is 6.29. The van der Waals surface area contributed by atoms with Crippen LogP contribution in [0.2, 0.25) is 0 Å². The minimum absolute atomic E-state index is 0.310. The number of nitrogens with zero attached hydrogens (tertiary/aromatic N) is 2. The van der Waals surface area contributed by atoms with Gasteiger partial charge in [0.1, 0.15) is 0 Å². The van der Waals surface area contributed by atoms with Gasteiger partial charge in [0.25, 0.3) is 0 Å². The first kappa shape index (κ1) is 14.9. The van der Waals surface area contributed by atoms with E-state index in [1.165, 1.54) is 0 Å². The molecule has 102 valence electrons. The van der Waals surface area contributed by atoms with Crippen molar-refractivity contribution < 1.29 is 4.74 Å². The van der Waals surface area contributed by atoms with Crippen molar-refractivity contribution in [3.8, 4) is 0 Å². The highest BCUT2D eigenvalue weighted by Crippen LogP contribution is 2.14. The van der Waals surface area contributed by atoms with Crippen LogP contribution in [0.3, 0.4) is 0 Å². The molecule has 1 N–H and O–H groups in total. The van der Waals surface area contributed by atoms with Crippen LogP contribution in [0.4, 0.5) is 0 Å². The van der Waals surface area contributed by atoms with Gasteiger partial charge >= 0.3 is 0 Å². The first-order chi connectivity index (χ1) is 7.89. The fraction of sp³-hybridized carbons (Fsp3) is 1.00. The van der Waals surface area contributed by atoms with E-state index in [2.05, 4.69) is 50.1 Å². The second-order valence-electron chi connectivity index (χ2n) is 6.29. The van der Waals surface area contributed by atoms with Crippen molar-refractivity contribution in [1.29, 1.82) is 0 Å². The Morgan fingerprint density at radius 2 is 2.12 bits per heavy atom. The Kier molecular flexibility index (Phi) is 5.86. The molecular weight excluding hydrogens is 214 g/mol. The summed E-state index contributed by atoms with van der Waals surface area (Å²) in [6.07, 6.45) is 0.351. The minimum Gasteiger partial charge on any atom is -0.374 e. The van der Waals surface area contributed by atoms with Crippen LogP contribution in [0.5, 0.6) is 0 Å². The quantitative estimate of drug-likeness (QED) is 0.735. The molecule has 1 heterocycles. The number of morpholine rings is 1. The van der Waals surface area contributed by atoms with E-state index in [0.29, 0.717) is 11.5 Å². The van der Waals surface area contributed by atoms with Crippen LogP contribution in [0.1, 0.15) is 13.8 Å². The van der Waals surface area contributed by atoms with Crippen molar-refractivity contribution in [3.05, 3.63) is 0 Å². The molecule has 1 fully saturated rings. The van der Waals surface area contributed by atoms with Gasteiger partial charge in [-0.25, -0.2) is 0 Å². The molecule has 0 aromatic heterocycles. The van der Waals surface area contributed by atoms with E-state index in [9.17, 15) is 0 Å². The number of nitrogens with one attached hydrogen (secondary N) is 1. The normalized spacial score (nSPS) is 23.3. The Bertz CT molecular complexity index is 219. The second kappa shape index (κ2) is 6.69. The van der Waals surface area contributed by atoms with Crippen molar-refractivity contribution >= 4 is 0 Å². The molecule has 1 aliphatic rings. The standard InChI is InChI=1S/C13H29N3O/c1-13(2,11-15(3)4)10-14-8-12-9-16(5)6-7-17-12/h12,14H,6-11H2,1-5H3. The summed E-state index contributed by atoms with van der Waals surface area (Å²) in [4.78, 5) is 4.58. The Morgan fingerprint density at radius 3 is 2.71 bits per heavy atom. The lowest BCUT2D eigenvalue weighted by Gasteiger charge is -2.32. The van der Waals surface area contributed by atoms with Crippen LogP contribution >= 0.6 is 0 Å². The molecule has 0 radical (unpaired) electrons. The largest absolute Gasteiger partial charge is 0.374 e. The Hall–Kier alpha value is -0.160. The molecule has 0 saturated carbocycles. The van der Waals surface area contributed by atoms with Gasteiger partial charge in [-0.2, -0.15) is 0 Å². The molecule has 1 saturated heterocycles. The van der Waals surface area contributed by atoms with E-state index >= 15 is 0 Å². The molecule has 0 amide bonds. The third kappa shape index (κ3) is 6.36. The van der Waals surface area contributed by atoms with Gasteiger partial charge in [0.2, 0.25) is 0 Å². The highest BCUT2D eigenvalue weighted by Gasteiger charge is 2.21. The number of hydrogen-bond donors (Lipinski definition) is 1. The lowest BCUT2D eigenvalue weighted by Crippen LogP contribution is -2.47. The third-order valence-electron chi connectivity index (χ3n) is 3.06. The Morgan fingerprint density at radius 1 is 1.41 bits per heavy atom. The average Bonchev–Trinajstić information content (AvgIpc) is 2.15. The van der Waals surface area contributed by atoms with E-state index < -0.39 is 0 Å². The summed E-state index contributed by atoms with van der Waals surface area (Å²) in [7, 11) is 6.41. The monoisotopic (exact) mass is 243 g/mol. The first-order valence-corrected chi connectivity index (χ1v) is 6.55. The number of rotatable bonds is 6. The molecular formula is C13H29N3O. The SMILES string of the molecule is CN(C)CC(C)(C)CNCC1CN(C)CCO1. The number of likely N-dealkylation sites (N-methyl/N-ethyl adjacent to an activating group) is 1. The lowest BCUT2D eigenvalue weighted by atomic mass is 9.93. The summed E-state index contributed by atoms with van der Waals surface area (Å²) in [5.41, 5.74) is 0.310. The van der Waals surface area contributed by atoms with Crippen molar-refractivity contribution in [3.63, 3.8) is 0 Å². The summed E-state index contributed by atoms with van der Waals surface area (Å²) in [5.74, 6) is 0. The fourth-order valence-corrected chi connectivity index (χ4v) is 2.47. The highest BCUT2D eigenvalue weighted by atomic mass is 16.5. The zero-order chi connectivity index (χ0) is 12.9. The predicted octanol–water partition coefficient (Wildman–Crippen LogP) is 0.494. The average molecular weight is 243 g/mol. The summed E-state index contributed by atoms with van der Waals surface area (Å²) >= 11 is 0. The molecule has 1 unspecified atom stereocenters. The van der Waals surface area contributed by atoms with E-state index in [1.54, 1.807) is 0 Å². The van der Waals surface area contributed by atoms with E-state index in [-0.39, 0.29) is 0 Å². The Balaban J connectivity index is 2.18. The first-order valence-electron chi connectivity index (χ1n) is 6.55.